The number of fused-ring (bicyclic) bond motifs is 1. The summed E-state index contributed by atoms with van der Waals surface area (Å²) in [5.41, 5.74) is 3.70. The molecular formula is C31H45N3O3. The Morgan fingerprint density at radius 3 is 2.73 bits per heavy atom. The molecule has 2 aromatic rings. The number of aromatic hydroxyl groups is 1. The molecule has 4 rings (SSSR count). The topological polar surface area (TPSA) is 65.0 Å². The van der Waals surface area contributed by atoms with Gasteiger partial charge in [0.15, 0.2) is 0 Å². The summed E-state index contributed by atoms with van der Waals surface area (Å²) in [6.45, 7) is 12.8. The molecule has 1 fully saturated rings. The van der Waals surface area contributed by atoms with Crippen LogP contribution in [0.3, 0.4) is 0 Å². The number of likely N-dealkylation sites (tertiary alicyclic amines) is 1. The third-order valence-corrected chi connectivity index (χ3v) is 9.27. The summed E-state index contributed by atoms with van der Waals surface area (Å²) < 4.78 is 5.49. The summed E-state index contributed by atoms with van der Waals surface area (Å²) in [7, 11) is 3.73. The van der Waals surface area contributed by atoms with E-state index in [1.807, 2.05) is 25.2 Å². The largest absolute Gasteiger partial charge is 0.508 e. The van der Waals surface area contributed by atoms with Crippen LogP contribution in [0, 0.1) is 11.8 Å². The minimum atomic E-state index is -0.194. The fraction of sp³-hybridized carbons (Fsp3) is 0.581. The van der Waals surface area contributed by atoms with Gasteiger partial charge in [-0.3, -0.25) is 9.69 Å². The van der Waals surface area contributed by atoms with E-state index in [4.69, 9.17) is 4.74 Å². The normalized spacial score (nSPS) is 26.2. The quantitative estimate of drug-likeness (QED) is 0.547. The van der Waals surface area contributed by atoms with Crippen molar-refractivity contribution in [3.8, 4) is 11.5 Å². The maximum absolute atomic E-state index is 13.5. The summed E-state index contributed by atoms with van der Waals surface area (Å²) >= 11 is 0. The number of amides is 1. The van der Waals surface area contributed by atoms with Gasteiger partial charge in [-0.2, -0.15) is 0 Å². The first-order valence-corrected chi connectivity index (χ1v) is 13.8. The van der Waals surface area contributed by atoms with Crippen LogP contribution in [0.4, 0.5) is 0 Å². The number of hydrogen-bond donors (Lipinski definition) is 2. The lowest BCUT2D eigenvalue weighted by molar-refractivity contribution is -0.127. The minimum absolute atomic E-state index is 0.104. The Balaban J connectivity index is 1.42. The number of carbonyl (C=O) groups is 1. The van der Waals surface area contributed by atoms with E-state index in [1.54, 1.807) is 13.2 Å². The van der Waals surface area contributed by atoms with Gasteiger partial charge >= 0.3 is 0 Å². The van der Waals surface area contributed by atoms with Crippen LogP contribution >= 0.6 is 0 Å². The smallest absolute Gasteiger partial charge is 0.237 e. The van der Waals surface area contributed by atoms with E-state index in [0.717, 1.165) is 49.4 Å². The molecule has 0 aliphatic carbocycles. The lowest BCUT2D eigenvalue weighted by Crippen LogP contribution is -2.56. The number of hydrogen-bond acceptors (Lipinski definition) is 5. The van der Waals surface area contributed by atoms with Crippen LogP contribution in [0.15, 0.2) is 42.5 Å². The number of phenolic OH excluding ortho intramolecular Hbond substituents is 1. The van der Waals surface area contributed by atoms with Crippen molar-refractivity contribution in [2.45, 2.75) is 71.0 Å². The van der Waals surface area contributed by atoms with Crippen LogP contribution in [0.25, 0.3) is 0 Å². The number of methoxy groups -OCH3 is 1. The molecule has 2 heterocycles. The van der Waals surface area contributed by atoms with Gasteiger partial charge in [0.25, 0.3) is 0 Å². The predicted molar refractivity (Wildman–Crippen MR) is 149 cm³/mol. The first-order valence-electron chi connectivity index (χ1n) is 13.8. The second-order valence-corrected chi connectivity index (χ2v) is 11.6. The van der Waals surface area contributed by atoms with Gasteiger partial charge in [-0.15, -0.1) is 0 Å². The van der Waals surface area contributed by atoms with Crippen LogP contribution < -0.4 is 10.1 Å². The van der Waals surface area contributed by atoms with E-state index in [1.165, 1.54) is 5.56 Å². The van der Waals surface area contributed by atoms with E-state index in [0.29, 0.717) is 24.8 Å². The van der Waals surface area contributed by atoms with Gasteiger partial charge in [-0.25, -0.2) is 0 Å². The van der Waals surface area contributed by atoms with E-state index in [9.17, 15) is 9.90 Å². The van der Waals surface area contributed by atoms with Gasteiger partial charge < -0.3 is 20.1 Å². The molecule has 5 atom stereocenters. The molecule has 6 heteroatoms. The van der Waals surface area contributed by atoms with Gasteiger partial charge in [0.1, 0.15) is 11.5 Å². The van der Waals surface area contributed by atoms with Crippen molar-refractivity contribution in [3.05, 3.63) is 59.2 Å². The van der Waals surface area contributed by atoms with Crippen LogP contribution in [-0.4, -0.2) is 66.7 Å². The SMILES string of the molecule is CC[C@H](C)[C@@H](CN1CC[C@](C)(c2cccc(OC)c2)[C@@H](C)C1)NC(=O)[C@H]1Cc2ccc(O)cc2CN1C. The standard InChI is InChI=1S/C31H45N3O3/c1-7-21(2)28(32-30(36)29-16-23-11-12-26(35)15-24(23)19-33(29)5)20-34-14-13-31(4,22(3)18-34)25-9-8-10-27(17-25)37-6/h8-12,15,17,21-22,28-29,35H,7,13-14,16,18-20H2,1-6H3,(H,32,36)/t21-,22-,28+,29+,31-/m0/s1. The third kappa shape index (κ3) is 5.96. The van der Waals surface area contributed by atoms with Crippen LogP contribution in [-0.2, 0) is 23.2 Å². The Labute approximate surface area is 223 Å². The zero-order valence-corrected chi connectivity index (χ0v) is 23.5. The second-order valence-electron chi connectivity index (χ2n) is 11.6. The summed E-state index contributed by atoms with van der Waals surface area (Å²) in [6, 6.07) is 13.9. The van der Waals surface area contributed by atoms with Crippen molar-refractivity contribution < 1.29 is 14.6 Å². The molecule has 0 radical (unpaired) electrons. The first-order chi connectivity index (χ1) is 17.6. The number of nitrogens with zero attached hydrogens (tertiary/aromatic N) is 2. The Morgan fingerprint density at radius 2 is 2.03 bits per heavy atom. The fourth-order valence-corrected chi connectivity index (χ4v) is 6.09. The molecule has 2 aromatic carbocycles. The molecule has 37 heavy (non-hydrogen) atoms. The minimum Gasteiger partial charge on any atom is -0.508 e. The maximum atomic E-state index is 13.5. The number of rotatable bonds is 8. The van der Waals surface area contributed by atoms with Crippen molar-refractivity contribution in [2.75, 3.05) is 33.8 Å². The summed E-state index contributed by atoms with van der Waals surface area (Å²) in [4.78, 5) is 18.2. The number of likely N-dealkylation sites (N-methyl/N-ethyl adjacent to an activating group) is 1. The average molecular weight is 508 g/mol. The number of nitrogens with one attached hydrogen (secondary N) is 1. The molecule has 0 aromatic heterocycles. The van der Waals surface area contributed by atoms with E-state index < -0.39 is 0 Å². The monoisotopic (exact) mass is 507 g/mol. The molecule has 0 bridgehead atoms. The van der Waals surface area contributed by atoms with Gasteiger partial charge in [0.2, 0.25) is 5.91 Å². The molecular weight excluding hydrogens is 462 g/mol. The first kappa shape index (κ1) is 27.5. The summed E-state index contributed by atoms with van der Waals surface area (Å²) in [5, 5.41) is 13.3. The summed E-state index contributed by atoms with van der Waals surface area (Å²) in [5.74, 6) is 2.19. The fourth-order valence-electron chi connectivity index (χ4n) is 6.09. The molecule has 202 valence electrons. The highest BCUT2D eigenvalue weighted by molar-refractivity contribution is 5.82. The van der Waals surface area contributed by atoms with Gasteiger partial charge in [0, 0.05) is 25.7 Å². The number of ether oxygens (including phenoxy) is 1. The molecule has 0 saturated carbocycles. The molecule has 0 unspecified atom stereocenters. The van der Waals surface area contributed by atoms with E-state index >= 15 is 0 Å². The highest BCUT2D eigenvalue weighted by Gasteiger charge is 2.39. The van der Waals surface area contributed by atoms with Crippen molar-refractivity contribution in [3.63, 3.8) is 0 Å². The molecule has 6 nitrogen and oxygen atoms in total. The second kappa shape index (κ2) is 11.4. The molecule has 2 N–H and O–H groups in total. The Morgan fingerprint density at radius 1 is 1.24 bits per heavy atom. The number of benzene rings is 2. The third-order valence-electron chi connectivity index (χ3n) is 9.27. The number of phenols is 1. The van der Waals surface area contributed by atoms with Crippen LogP contribution in [0.5, 0.6) is 11.5 Å². The zero-order valence-electron chi connectivity index (χ0n) is 23.5. The Bertz CT molecular complexity index is 1090. The van der Waals surface area contributed by atoms with Crippen molar-refractivity contribution in [2.24, 2.45) is 11.8 Å². The van der Waals surface area contributed by atoms with Crippen LogP contribution in [0.2, 0.25) is 0 Å². The van der Waals surface area contributed by atoms with Crippen molar-refractivity contribution in [1.82, 2.24) is 15.1 Å². The lowest BCUT2D eigenvalue weighted by Gasteiger charge is -2.46. The van der Waals surface area contributed by atoms with E-state index in [-0.39, 0.29) is 29.2 Å². The van der Waals surface area contributed by atoms with Crippen molar-refractivity contribution >= 4 is 5.91 Å². The number of piperidine rings is 1. The molecule has 0 spiro atoms. The Hall–Kier alpha value is -2.57. The van der Waals surface area contributed by atoms with Gasteiger partial charge in [-0.05, 0) is 84.6 Å². The highest BCUT2D eigenvalue weighted by atomic mass is 16.5. The van der Waals surface area contributed by atoms with Gasteiger partial charge in [0.05, 0.1) is 13.2 Å². The highest BCUT2D eigenvalue weighted by Crippen LogP contribution is 2.40. The zero-order chi connectivity index (χ0) is 26.7. The lowest BCUT2D eigenvalue weighted by atomic mass is 9.68. The van der Waals surface area contributed by atoms with E-state index in [2.05, 4.69) is 61.0 Å². The molecule has 2 aliphatic heterocycles. The van der Waals surface area contributed by atoms with Crippen molar-refractivity contribution in [1.29, 1.82) is 0 Å². The molecule has 2 aliphatic rings. The molecule has 1 amide bonds. The summed E-state index contributed by atoms with van der Waals surface area (Å²) in [6.07, 6.45) is 2.78. The maximum Gasteiger partial charge on any atom is 0.237 e. The predicted octanol–water partition coefficient (Wildman–Crippen LogP) is 4.59. The van der Waals surface area contributed by atoms with Crippen LogP contribution in [0.1, 0.15) is 57.2 Å². The molecule has 1 saturated heterocycles. The van der Waals surface area contributed by atoms with Gasteiger partial charge in [-0.1, -0.05) is 52.3 Å². The average Bonchev–Trinajstić information content (AvgIpc) is 2.89. The number of carbonyl (C=O) groups excluding carboxylic acids is 1. The Kier molecular flexibility index (Phi) is 8.49.